The Labute approximate surface area is 71.3 Å². The molecule has 0 N–H and O–H groups in total. The van der Waals surface area contributed by atoms with Gasteiger partial charge in [0.2, 0.25) is 0 Å². The molecule has 0 radical (unpaired) electrons. The molecule has 1 aliphatic carbocycles. The van der Waals surface area contributed by atoms with E-state index in [4.69, 9.17) is 9.47 Å². The van der Waals surface area contributed by atoms with Gasteiger partial charge in [-0.2, -0.15) is 0 Å². The van der Waals surface area contributed by atoms with E-state index in [2.05, 4.69) is 0 Å². The van der Waals surface area contributed by atoms with E-state index < -0.39 is 5.79 Å². The molecule has 2 aliphatic rings. The number of rotatable bonds is 0. The normalized spacial score (nSPS) is 38.2. The summed E-state index contributed by atoms with van der Waals surface area (Å²) >= 11 is 0. The highest BCUT2D eigenvalue weighted by molar-refractivity contribution is 6.01. The molecule has 1 saturated heterocycles. The van der Waals surface area contributed by atoms with Gasteiger partial charge in [-0.3, -0.25) is 4.79 Å². The molecule has 0 aromatic heterocycles. The molecule has 2 rings (SSSR count). The highest BCUT2D eigenvalue weighted by Gasteiger charge is 2.47. The first kappa shape index (κ1) is 7.95. The lowest BCUT2D eigenvalue weighted by molar-refractivity contribution is -0.153. The predicted octanol–water partition coefficient (Wildman–Crippen LogP) is 1.04. The number of ether oxygens (including phenoxy) is 2. The van der Waals surface area contributed by atoms with Crippen molar-refractivity contribution in [2.75, 3.05) is 0 Å². The minimum absolute atomic E-state index is 0.0607. The van der Waals surface area contributed by atoms with Crippen LogP contribution in [0.2, 0.25) is 0 Å². The van der Waals surface area contributed by atoms with E-state index in [1.54, 1.807) is 6.92 Å². The Hall–Kier alpha value is -0.670. The van der Waals surface area contributed by atoms with E-state index in [9.17, 15) is 4.79 Å². The molecule has 2 atom stereocenters. The highest BCUT2D eigenvalue weighted by Crippen LogP contribution is 2.34. The molecule has 1 aliphatic heterocycles. The average Bonchev–Trinajstić information content (AvgIpc) is 2.33. The van der Waals surface area contributed by atoms with Crippen LogP contribution in [0.4, 0.5) is 0 Å². The van der Waals surface area contributed by atoms with Crippen molar-refractivity contribution in [1.82, 2.24) is 0 Å². The maximum atomic E-state index is 11.4. The molecule has 12 heavy (non-hydrogen) atoms. The summed E-state index contributed by atoms with van der Waals surface area (Å²) in [4.78, 5) is 11.4. The topological polar surface area (TPSA) is 35.5 Å². The first-order valence-corrected chi connectivity index (χ1v) is 4.08. The molecule has 0 aromatic carbocycles. The molecular formula is C9H12O3. The van der Waals surface area contributed by atoms with Gasteiger partial charge in [0.15, 0.2) is 17.7 Å². The Morgan fingerprint density at radius 2 is 2.08 bits per heavy atom. The van der Waals surface area contributed by atoms with Crippen LogP contribution < -0.4 is 0 Å². The quantitative estimate of drug-likeness (QED) is 0.542. The van der Waals surface area contributed by atoms with Gasteiger partial charge in [-0.25, -0.2) is 0 Å². The fourth-order valence-electron chi connectivity index (χ4n) is 1.67. The Bertz CT molecular complexity index is 265. The first-order valence-electron chi connectivity index (χ1n) is 4.08. The lowest BCUT2D eigenvalue weighted by Gasteiger charge is -2.17. The summed E-state index contributed by atoms with van der Waals surface area (Å²) in [5.74, 6) is -0.548. The van der Waals surface area contributed by atoms with Crippen molar-refractivity contribution in [3.05, 3.63) is 11.6 Å². The molecule has 3 nitrogen and oxygen atoms in total. The molecule has 2 unspecified atom stereocenters. The molecule has 1 fully saturated rings. The van der Waals surface area contributed by atoms with Gasteiger partial charge in [0.25, 0.3) is 0 Å². The molecule has 1 heterocycles. The molecule has 0 aromatic rings. The summed E-state index contributed by atoms with van der Waals surface area (Å²) in [5, 5.41) is 0. The number of ketones is 1. The molecule has 0 amide bonds. The number of carbonyl (C=O) groups excluding carboxylic acids is 1. The SMILES string of the molecule is CC1=CC2OC(C)(C)OC2C1=O. The van der Waals surface area contributed by atoms with E-state index in [-0.39, 0.29) is 18.0 Å². The van der Waals surface area contributed by atoms with Gasteiger partial charge in [-0.15, -0.1) is 0 Å². The third-order valence-electron chi connectivity index (χ3n) is 2.19. The zero-order valence-electron chi connectivity index (χ0n) is 7.46. The fourth-order valence-corrected chi connectivity index (χ4v) is 1.67. The van der Waals surface area contributed by atoms with Crippen LogP contribution in [0, 0.1) is 0 Å². The molecular weight excluding hydrogens is 156 g/mol. The number of hydrogen-bond acceptors (Lipinski definition) is 3. The van der Waals surface area contributed by atoms with E-state index in [0.717, 1.165) is 5.57 Å². The first-order chi connectivity index (χ1) is 5.49. The van der Waals surface area contributed by atoms with Crippen LogP contribution in [-0.2, 0) is 14.3 Å². The van der Waals surface area contributed by atoms with E-state index in [1.807, 2.05) is 19.9 Å². The maximum absolute atomic E-state index is 11.4. The minimum Gasteiger partial charge on any atom is -0.340 e. The molecule has 3 heteroatoms. The number of Topliss-reactive ketones (excluding diaryl/α,β-unsaturated/α-hetero) is 1. The highest BCUT2D eigenvalue weighted by atomic mass is 16.8. The Morgan fingerprint density at radius 3 is 2.67 bits per heavy atom. The van der Waals surface area contributed by atoms with Crippen molar-refractivity contribution < 1.29 is 14.3 Å². The van der Waals surface area contributed by atoms with Crippen LogP contribution in [0.5, 0.6) is 0 Å². The van der Waals surface area contributed by atoms with Crippen LogP contribution in [-0.4, -0.2) is 23.8 Å². The summed E-state index contributed by atoms with van der Waals surface area (Å²) < 4.78 is 10.9. The maximum Gasteiger partial charge on any atom is 0.190 e. The Morgan fingerprint density at radius 1 is 1.42 bits per heavy atom. The van der Waals surface area contributed by atoms with Gasteiger partial charge in [0.1, 0.15) is 6.10 Å². The average molecular weight is 168 g/mol. The van der Waals surface area contributed by atoms with Crippen molar-refractivity contribution in [2.24, 2.45) is 0 Å². The van der Waals surface area contributed by atoms with Gasteiger partial charge in [0.05, 0.1) is 0 Å². The third kappa shape index (κ3) is 1.01. The van der Waals surface area contributed by atoms with Gasteiger partial charge >= 0.3 is 0 Å². The van der Waals surface area contributed by atoms with Gasteiger partial charge in [-0.05, 0) is 32.4 Å². The molecule has 0 saturated carbocycles. The van der Waals surface area contributed by atoms with E-state index in [1.165, 1.54) is 0 Å². The molecule has 66 valence electrons. The summed E-state index contributed by atoms with van der Waals surface area (Å²) in [5.41, 5.74) is 0.750. The third-order valence-corrected chi connectivity index (χ3v) is 2.19. The molecule has 0 bridgehead atoms. The standard InChI is InChI=1S/C9H12O3/c1-5-4-6-8(7(5)10)12-9(2,3)11-6/h4,6,8H,1-3H3. The number of fused-ring (bicyclic) bond motifs is 1. The monoisotopic (exact) mass is 168 g/mol. The lowest BCUT2D eigenvalue weighted by atomic mass is 10.2. The van der Waals surface area contributed by atoms with E-state index in [0.29, 0.717) is 0 Å². The lowest BCUT2D eigenvalue weighted by Crippen LogP contribution is -2.26. The zero-order valence-corrected chi connectivity index (χ0v) is 7.46. The predicted molar refractivity (Wildman–Crippen MR) is 42.6 cm³/mol. The Kier molecular flexibility index (Phi) is 1.44. The fraction of sp³-hybridized carbons (Fsp3) is 0.667. The smallest absolute Gasteiger partial charge is 0.190 e. The Balaban J connectivity index is 2.25. The van der Waals surface area contributed by atoms with E-state index >= 15 is 0 Å². The van der Waals surface area contributed by atoms with Crippen LogP contribution in [0.3, 0.4) is 0 Å². The van der Waals surface area contributed by atoms with Crippen molar-refractivity contribution >= 4 is 5.78 Å². The second-order valence-electron chi connectivity index (χ2n) is 3.73. The second kappa shape index (κ2) is 2.18. The van der Waals surface area contributed by atoms with Crippen molar-refractivity contribution in [3.8, 4) is 0 Å². The zero-order chi connectivity index (χ0) is 8.93. The van der Waals surface area contributed by atoms with Crippen molar-refractivity contribution in [3.63, 3.8) is 0 Å². The van der Waals surface area contributed by atoms with Crippen LogP contribution >= 0.6 is 0 Å². The number of carbonyl (C=O) groups is 1. The van der Waals surface area contributed by atoms with Crippen molar-refractivity contribution in [1.29, 1.82) is 0 Å². The van der Waals surface area contributed by atoms with Gasteiger partial charge < -0.3 is 9.47 Å². The van der Waals surface area contributed by atoms with Crippen LogP contribution in [0.15, 0.2) is 11.6 Å². The van der Waals surface area contributed by atoms with Gasteiger partial charge in [0, 0.05) is 0 Å². The van der Waals surface area contributed by atoms with Crippen LogP contribution in [0.1, 0.15) is 20.8 Å². The molecule has 0 spiro atoms. The summed E-state index contributed by atoms with van der Waals surface area (Å²) in [6.45, 7) is 5.43. The summed E-state index contributed by atoms with van der Waals surface area (Å²) in [7, 11) is 0. The summed E-state index contributed by atoms with van der Waals surface area (Å²) in [6, 6.07) is 0. The van der Waals surface area contributed by atoms with Crippen LogP contribution in [0.25, 0.3) is 0 Å². The number of hydrogen-bond donors (Lipinski definition) is 0. The summed E-state index contributed by atoms with van der Waals surface area (Å²) in [6.07, 6.45) is 1.29. The minimum atomic E-state index is -0.609. The largest absolute Gasteiger partial charge is 0.340 e. The second-order valence-corrected chi connectivity index (χ2v) is 3.73. The van der Waals surface area contributed by atoms with Gasteiger partial charge in [-0.1, -0.05) is 0 Å². The van der Waals surface area contributed by atoms with Crippen molar-refractivity contribution in [2.45, 2.75) is 38.8 Å².